The van der Waals surface area contributed by atoms with E-state index in [4.69, 9.17) is 4.74 Å². The average Bonchev–Trinajstić information content (AvgIpc) is 3.08. The highest BCUT2D eigenvalue weighted by molar-refractivity contribution is 6.00. The third kappa shape index (κ3) is 2.86. The first-order valence-corrected chi connectivity index (χ1v) is 6.03. The number of carbonyl (C=O) groups is 1. The Hall–Kier alpha value is -1.35. The SMILES string of the molecule is COc1c(C)cc(C)cc1C(=O)CNC1CC1. The van der Waals surface area contributed by atoms with Crippen LogP contribution in [0.1, 0.15) is 34.3 Å². The molecule has 92 valence electrons. The Morgan fingerprint density at radius 2 is 2.12 bits per heavy atom. The fourth-order valence-electron chi connectivity index (χ4n) is 2.05. The van der Waals surface area contributed by atoms with Crippen molar-refractivity contribution in [3.8, 4) is 5.75 Å². The van der Waals surface area contributed by atoms with Crippen LogP contribution >= 0.6 is 0 Å². The van der Waals surface area contributed by atoms with Gasteiger partial charge in [0, 0.05) is 6.04 Å². The van der Waals surface area contributed by atoms with E-state index in [1.54, 1.807) is 7.11 Å². The number of benzene rings is 1. The smallest absolute Gasteiger partial charge is 0.180 e. The lowest BCUT2D eigenvalue weighted by Gasteiger charge is -2.12. The number of methoxy groups -OCH3 is 1. The summed E-state index contributed by atoms with van der Waals surface area (Å²) in [7, 11) is 1.61. The van der Waals surface area contributed by atoms with Crippen molar-refractivity contribution in [1.29, 1.82) is 0 Å². The summed E-state index contributed by atoms with van der Waals surface area (Å²) in [5.74, 6) is 0.818. The second kappa shape index (κ2) is 4.88. The number of carbonyl (C=O) groups excluding carboxylic acids is 1. The standard InChI is InChI=1S/C14H19NO2/c1-9-6-10(2)14(17-3)12(7-9)13(16)8-15-11-4-5-11/h6-7,11,15H,4-5,8H2,1-3H3. The molecule has 0 aliphatic heterocycles. The second-order valence-electron chi connectivity index (χ2n) is 4.74. The van der Waals surface area contributed by atoms with E-state index in [2.05, 4.69) is 5.32 Å². The monoisotopic (exact) mass is 233 g/mol. The Balaban J connectivity index is 2.19. The number of hydrogen-bond donors (Lipinski definition) is 1. The number of Topliss-reactive ketones (excluding diaryl/α,β-unsaturated/α-hetero) is 1. The first-order valence-electron chi connectivity index (χ1n) is 6.03. The zero-order chi connectivity index (χ0) is 12.4. The van der Waals surface area contributed by atoms with Gasteiger partial charge in [-0.3, -0.25) is 4.79 Å². The minimum Gasteiger partial charge on any atom is -0.496 e. The molecule has 1 N–H and O–H groups in total. The molecule has 0 radical (unpaired) electrons. The summed E-state index contributed by atoms with van der Waals surface area (Å²) in [5, 5.41) is 3.24. The Kier molecular flexibility index (Phi) is 3.48. The fraction of sp³-hybridized carbons (Fsp3) is 0.500. The topological polar surface area (TPSA) is 38.3 Å². The summed E-state index contributed by atoms with van der Waals surface area (Å²) in [5.41, 5.74) is 2.80. The highest BCUT2D eigenvalue weighted by atomic mass is 16.5. The molecule has 1 saturated carbocycles. The van der Waals surface area contributed by atoms with Crippen LogP contribution < -0.4 is 10.1 Å². The van der Waals surface area contributed by atoms with Gasteiger partial charge in [-0.15, -0.1) is 0 Å². The van der Waals surface area contributed by atoms with Crippen molar-refractivity contribution in [2.45, 2.75) is 32.7 Å². The maximum atomic E-state index is 12.1. The van der Waals surface area contributed by atoms with Gasteiger partial charge in [-0.05, 0) is 43.9 Å². The third-order valence-electron chi connectivity index (χ3n) is 3.05. The van der Waals surface area contributed by atoms with Crippen molar-refractivity contribution >= 4 is 5.78 Å². The number of aryl methyl sites for hydroxylation is 2. The maximum Gasteiger partial charge on any atom is 0.180 e. The first kappa shape index (κ1) is 12.1. The summed E-state index contributed by atoms with van der Waals surface area (Å²) >= 11 is 0. The molecule has 0 bridgehead atoms. The highest BCUT2D eigenvalue weighted by Gasteiger charge is 2.22. The van der Waals surface area contributed by atoms with E-state index in [1.165, 1.54) is 12.8 Å². The molecule has 2 rings (SSSR count). The van der Waals surface area contributed by atoms with Crippen molar-refractivity contribution in [3.05, 3.63) is 28.8 Å². The molecule has 17 heavy (non-hydrogen) atoms. The van der Waals surface area contributed by atoms with E-state index in [9.17, 15) is 4.79 Å². The van der Waals surface area contributed by atoms with Crippen LogP contribution in [0.5, 0.6) is 5.75 Å². The molecule has 0 amide bonds. The third-order valence-corrected chi connectivity index (χ3v) is 3.05. The van der Waals surface area contributed by atoms with E-state index in [1.807, 2.05) is 26.0 Å². The van der Waals surface area contributed by atoms with Crippen molar-refractivity contribution in [3.63, 3.8) is 0 Å². The Labute approximate surface area is 102 Å². The van der Waals surface area contributed by atoms with Crippen LogP contribution in [0.25, 0.3) is 0 Å². The zero-order valence-electron chi connectivity index (χ0n) is 10.7. The molecule has 0 spiro atoms. The predicted molar refractivity (Wildman–Crippen MR) is 67.8 cm³/mol. The van der Waals surface area contributed by atoms with Gasteiger partial charge >= 0.3 is 0 Å². The van der Waals surface area contributed by atoms with E-state index in [0.717, 1.165) is 11.1 Å². The predicted octanol–water partition coefficient (Wildman–Crippen LogP) is 2.25. The van der Waals surface area contributed by atoms with Crippen LogP contribution in [0.15, 0.2) is 12.1 Å². The summed E-state index contributed by atoms with van der Waals surface area (Å²) < 4.78 is 5.33. The van der Waals surface area contributed by atoms with Gasteiger partial charge in [0.15, 0.2) is 5.78 Å². The van der Waals surface area contributed by atoms with Gasteiger partial charge in [-0.2, -0.15) is 0 Å². The molecule has 3 nitrogen and oxygen atoms in total. The van der Waals surface area contributed by atoms with Crippen LogP contribution in [0.3, 0.4) is 0 Å². The molecule has 1 aromatic carbocycles. The molecule has 1 aliphatic rings. The maximum absolute atomic E-state index is 12.1. The summed E-state index contributed by atoms with van der Waals surface area (Å²) in [6.07, 6.45) is 2.38. The Morgan fingerprint density at radius 1 is 1.41 bits per heavy atom. The van der Waals surface area contributed by atoms with Crippen molar-refractivity contribution in [2.75, 3.05) is 13.7 Å². The van der Waals surface area contributed by atoms with E-state index in [-0.39, 0.29) is 5.78 Å². The number of ketones is 1. The molecule has 1 aliphatic carbocycles. The largest absolute Gasteiger partial charge is 0.496 e. The number of rotatable bonds is 5. The molecule has 0 saturated heterocycles. The van der Waals surface area contributed by atoms with Crippen LogP contribution in [0.2, 0.25) is 0 Å². The van der Waals surface area contributed by atoms with Gasteiger partial charge in [0.05, 0.1) is 19.2 Å². The molecular formula is C14H19NO2. The summed E-state index contributed by atoms with van der Waals surface area (Å²) in [6.45, 7) is 4.37. The summed E-state index contributed by atoms with van der Waals surface area (Å²) in [4.78, 5) is 12.1. The fourth-order valence-corrected chi connectivity index (χ4v) is 2.05. The minimum atomic E-state index is 0.112. The van der Waals surface area contributed by atoms with Gasteiger partial charge in [0.25, 0.3) is 0 Å². The van der Waals surface area contributed by atoms with E-state index >= 15 is 0 Å². The molecule has 0 heterocycles. The Morgan fingerprint density at radius 3 is 2.71 bits per heavy atom. The molecule has 1 fully saturated rings. The van der Waals surface area contributed by atoms with Crippen LogP contribution in [0, 0.1) is 13.8 Å². The zero-order valence-corrected chi connectivity index (χ0v) is 10.7. The van der Waals surface area contributed by atoms with Crippen LogP contribution in [0.4, 0.5) is 0 Å². The van der Waals surface area contributed by atoms with E-state index in [0.29, 0.717) is 23.9 Å². The number of hydrogen-bond acceptors (Lipinski definition) is 3. The normalized spacial score (nSPS) is 14.8. The molecule has 1 aromatic rings. The lowest BCUT2D eigenvalue weighted by molar-refractivity contribution is 0.0987. The van der Waals surface area contributed by atoms with Crippen LogP contribution in [-0.2, 0) is 0 Å². The van der Waals surface area contributed by atoms with Gasteiger partial charge in [-0.1, -0.05) is 6.07 Å². The van der Waals surface area contributed by atoms with Gasteiger partial charge in [0.1, 0.15) is 5.75 Å². The van der Waals surface area contributed by atoms with Crippen LogP contribution in [-0.4, -0.2) is 25.5 Å². The lowest BCUT2D eigenvalue weighted by Crippen LogP contribution is -2.25. The van der Waals surface area contributed by atoms with Crippen molar-refractivity contribution < 1.29 is 9.53 Å². The molecular weight excluding hydrogens is 214 g/mol. The molecule has 0 aromatic heterocycles. The average molecular weight is 233 g/mol. The number of ether oxygens (including phenoxy) is 1. The van der Waals surface area contributed by atoms with Crippen molar-refractivity contribution in [2.24, 2.45) is 0 Å². The summed E-state index contributed by atoms with van der Waals surface area (Å²) in [6, 6.07) is 4.49. The molecule has 3 heteroatoms. The quantitative estimate of drug-likeness (QED) is 0.793. The second-order valence-corrected chi connectivity index (χ2v) is 4.74. The number of nitrogens with one attached hydrogen (secondary N) is 1. The molecule has 0 unspecified atom stereocenters. The van der Waals surface area contributed by atoms with Gasteiger partial charge in [0.2, 0.25) is 0 Å². The van der Waals surface area contributed by atoms with E-state index < -0.39 is 0 Å². The van der Waals surface area contributed by atoms with Crippen molar-refractivity contribution in [1.82, 2.24) is 5.32 Å². The Bertz CT molecular complexity index is 436. The first-order chi connectivity index (χ1) is 8.11. The minimum absolute atomic E-state index is 0.112. The van der Waals surface area contributed by atoms with Gasteiger partial charge < -0.3 is 10.1 Å². The van der Waals surface area contributed by atoms with Gasteiger partial charge in [-0.25, -0.2) is 0 Å². The molecule has 0 atom stereocenters. The lowest BCUT2D eigenvalue weighted by atomic mass is 10.0. The highest BCUT2D eigenvalue weighted by Crippen LogP contribution is 2.25.